The van der Waals surface area contributed by atoms with Gasteiger partial charge in [-0.25, -0.2) is 4.68 Å². The van der Waals surface area contributed by atoms with Gasteiger partial charge in [0, 0.05) is 18.3 Å². The minimum Gasteiger partial charge on any atom is -0.497 e. The van der Waals surface area contributed by atoms with E-state index in [4.69, 9.17) is 19.3 Å². The third-order valence-corrected chi connectivity index (χ3v) is 5.57. The molecular weight excluding hydrogens is 430 g/mol. The molecular formula is C27H27N3O4. The van der Waals surface area contributed by atoms with E-state index in [1.54, 1.807) is 44.3 Å². The van der Waals surface area contributed by atoms with Gasteiger partial charge in [-0.3, -0.25) is 4.79 Å². The molecule has 0 spiro atoms. The van der Waals surface area contributed by atoms with E-state index in [9.17, 15) is 4.79 Å². The second-order valence-corrected chi connectivity index (χ2v) is 7.72. The highest BCUT2D eigenvalue weighted by molar-refractivity contribution is 6.00. The summed E-state index contributed by atoms with van der Waals surface area (Å²) in [7, 11) is 4.82. The lowest BCUT2D eigenvalue weighted by Crippen LogP contribution is -2.23. The first-order chi connectivity index (χ1) is 16.5. The summed E-state index contributed by atoms with van der Waals surface area (Å²) in [4.78, 5) is 13.4. The summed E-state index contributed by atoms with van der Waals surface area (Å²) in [6.45, 7) is 2.33. The van der Waals surface area contributed by atoms with Crippen LogP contribution < -0.4 is 19.5 Å². The number of methoxy groups -OCH3 is 3. The van der Waals surface area contributed by atoms with Crippen LogP contribution in [0, 0.1) is 6.92 Å². The minimum absolute atomic E-state index is 0.249. The quantitative estimate of drug-likeness (QED) is 0.411. The van der Waals surface area contributed by atoms with Gasteiger partial charge in [-0.1, -0.05) is 30.3 Å². The fourth-order valence-corrected chi connectivity index (χ4v) is 3.70. The van der Waals surface area contributed by atoms with Crippen LogP contribution in [0.15, 0.2) is 72.9 Å². The second-order valence-electron chi connectivity index (χ2n) is 7.72. The molecule has 34 heavy (non-hydrogen) atoms. The van der Waals surface area contributed by atoms with Gasteiger partial charge >= 0.3 is 0 Å². The van der Waals surface area contributed by atoms with Crippen LogP contribution in [0.1, 0.15) is 21.5 Å². The third kappa shape index (κ3) is 4.73. The molecule has 0 unspecified atom stereocenters. The highest BCUT2D eigenvalue weighted by Gasteiger charge is 2.22. The molecule has 1 N–H and O–H groups in total. The van der Waals surface area contributed by atoms with Crippen LogP contribution in [-0.2, 0) is 6.54 Å². The van der Waals surface area contributed by atoms with E-state index in [2.05, 4.69) is 5.32 Å². The fourth-order valence-electron chi connectivity index (χ4n) is 3.70. The Morgan fingerprint density at radius 2 is 1.68 bits per heavy atom. The Morgan fingerprint density at radius 3 is 2.38 bits per heavy atom. The van der Waals surface area contributed by atoms with Crippen LogP contribution in [0.25, 0.3) is 16.9 Å². The standard InChI is InChI=1S/C27H27N3O4/c1-18-10-11-19(14-25(18)34-4)16-28-27(31)23-17-30(20-8-6-5-7-9-20)29-26(23)22-15-21(32-2)12-13-24(22)33-3/h5-15,17H,16H2,1-4H3,(H,28,31). The topological polar surface area (TPSA) is 74.6 Å². The Bertz CT molecular complexity index is 1300. The van der Waals surface area contributed by atoms with E-state index in [0.29, 0.717) is 34.9 Å². The summed E-state index contributed by atoms with van der Waals surface area (Å²) in [5, 5.41) is 7.76. The van der Waals surface area contributed by atoms with Crippen molar-refractivity contribution < 1.29 is 19.0 Å². The summed E-state index contributed by atoms with van der Waals surface area (Å²) < 4.78 is 18.1. The first-order valence-corrected chi connectivity index (χ1v) is 10.8. The Hall–Kier alpha value is -4.26. The van der Waals surface area contributed by atoms with Crippen LogP contribution >= 0.6 is 0 Å². The van der Waals surface area contributed by atoms with E-state index in [0.717, 1.165) is 22.6 Å². The maximum absolute atomic E-state index is 13.4. The van der Waals surface area contributed by atoms with E-state index < -0.39 is 0 Å². The molecule has 0 fully saturated rings. The zero-order valence-corrected chi connectivity index (χ0v) is 19.7. The number of hydrogen-bond donors (Lipinski definition) is 1. The van der Waals surface area contributed by atoms with Gasteiger partial charge in [-0.15, -0.1) is 0 Å². The Morgan fingerprint density at radius 1 is 0.912 bits per heavy atom. The predicted octanol–water partition coefficient (Wildman–Crippen LogP) is 4.80. The van der Waals surface area contributed by atoms with Crippen molar-refractivity contribution in [1.82, 2.24) is 15.1 Å². The summed E-state index contributed by atoms with van der Waals surface area (Å²) in [6.07, 6.45) is 1.73. The van der Waals surface area contributed by atoms with Gasteiger partial charge in [0.25, 0.3) is 5.91 Å². The molecule has 0 bridgehead atoms. The number of para-hydroxylation sites is 1. The molecule has 0 atom stereocenters. The average molecular weight is 458 g/mol. The van der Waals surface area contributed by atoms with Gasteiger partial charge in [0.05, 0.1) is 32.6 Å². The molecule has 7 heteroatoms. The number of carbonyl (C=O) groups excluding carboxylic acids is 1. The lowest BCUT2D eigenvalue weighted by Gasteiger charge is -2.11. The van der Waals surface area contributed by atoms with Crippen molar-refractivity contribution in [3.63, 3.8) is 0 Å². The predicted molar refractivity (Wildman–Crippen MR) is 131 cm³/mol. The zero-order chi connectivity index (χ0) is 24.1. The first-order valence-electron chi connectivity index (χ1n) is 10.8. The van der Waals surface area contributed by atoms with Crippen molar-refractivity contribution in [1.29, 1.82) is 0 Å². The van der Waals surface area contributed by atoms with Crippen molar-refractivity contribution in [3.05, 3.63) is 89.6 Å². The molecule has 0 radical (unpaired) electrons. The molecule has 0 aliphatic carbocycles. The number of hydrogen-bond acceptors (Lipinski definition) is 5. The number of amides is 1. The van der Waals surface area contributed by atoms with Crippen LogP contribution in [0.3, 0.4) is 0 Å². The van der Waals surface area contributed by atoms with E-state index >= 15 is 0 Å². The van der Waals surface area contributed by atoms with Gasteiger partial charge < -0.3 is 19.5 Å². The second kappa shape index (κ2) is 10.1. The van der Waals surface area contributed by atoms with Crippen molar-refractivity contribution in [3.8, 4) is 34.2 Å². The van der Waals surface area contributed by atoms with E-state index in [1.165, 1.54) is 0 Å². The van der Waals surface area contributed by atoms with Crippen molar-refractivity contribution in [2.24, 2.45) is 0 Å². The lowest BCUT2D eigenvalue weighted by atomic mass is 10.1. The molecule has 1 aromatic heterocycles. The van der Waals surface area contributed by atoms with Gasteiger partial charge in [0.1, 0.15) is 22.9 Å². The number of ether oxygens (including phenoxy) is 3. The maximum Gasteiger partial charge on any atom is 0.255 e. The molecule has 4 rings (SSSR count). The molecule has 4 aromatic rings. The number of rotatable bonds is 8. The van der Waals surface area contributed by atoms with Gasteiger partial charge in [-0.05, 0) is 54.4 Å². The molecule has 1 amide bonds. The van der Waals surface area contributed by atoms with E-state index in [-0.39, 0.29) is 5.91 Å². The fraction of sp³-hybridized carbons (Fsp3) is 0.185. The SMILES string of the molecule is COc1ccc(OC)c(-c2nn(-c3ccccc3)cc2C(=O)NCc2ccc(C)c(OC)c2)c1. The third-order valence-electron chi connectivity index (χ3n) is 5.57. The largest absolute Gasteiger partial charge is 0.497 e. The van der Waals surface area contributed by atoms with Gasteiger partial charge in [0.15, 0.2) is 0 Å². The summed E-state index contributed by atoms with van der Waals surface area (Å²) in [5.41, 5.74) is 4.40. The van der Waals surface area contributed by atoms with Gasteiger partial charge in [-0.2, -0.15) is 5.10 Å². The van der Waals surface area contributed by atoms with Crippen molar-refractivity contribution in [2.75, 3.05) is 21.3 Å². The minimum atomic E-state index is -0.249. The number of benzene rings is 3. The molecule has 0 aliphatic heterocycles. The summed E-state index contributed by atoms with van der Waals surface area (Å²) >= 11 is 0. The highest BCUT2D eigenvalue weighted by atomic mass is 16.5. The van der Waals surface area contributed by atoms with Crippen molar-refractivity contribution >= 4 is 5.91 Å². The monoisotopic (exact) mass is 457 g/mol. The Labute approximate surface area is 198 Å². The Balaban J connectivity index is 1.72. The number of aromatic nitrogens is 2. The molecule has 0 saturated heterocycles. The molecule has 7 nitrogen and oxygen atoms in total. The number of carbonyl (C=O) groups is 1. The normalized spacial score (nSPS) is 10.6. The van der Waals surface area contributed by atoms with Crippen LogP contribution in [-0.4, -0.2) is 37.0 Å². The first kappa shape index (κ1) is 22.9. The smallest absolute Gasteiger partial charge is 0.255 e. The lowest BCUT2D eigenvalue weighted by molar-refractivity contribution is 0.0951. The average Bonchev–Trinajstić information content (AvgIpc) is 3.33. The molecule has 1 heterocycles. The number of aryl methyl sites for hydroxylation is 1. The highest BCUT2D eigenvalue weighted by Crippen LogP contribution is 2.35. The molecule has 0 aliphatic rings. The van der Waals surface area contributed by atoms with E-state index in [1.807, 2.05) is 61.5 Å². The maximum atomic E-state index is 13.4. The van der Waals surface area contributed by atoms with Crippen molar-refractivity contribution in [2.45, 2.75) is 13.5 Å². The molecule has 0 saturated carbocycles. The molecule has 3 aromatic carbocycles. The summed E-state index contributed by atoms with van der Waals surface area (Å²) in [6, 6.07) is 20.9. The summed E-state index contributed by atoms with van der Waals surface area (Å²) in [5.74, 6) is 1.77. The Kier molecular flexibility index (Phi) is 6.82. The van der Waals surface area contributed by atoms with Crippen LogP contribution in [0.4, 0.5) is 0 Å². The number of nitrogens with zero attached hydrogens (tertiary/aromatic N) is 2. The molecule has 174 valence electrons. The zero-order valence-electron chi connectivity index (χ0n) is 19.7. The van der Waals surface area contributed by atoms with Gasteiger partial charge in [0.2, 0.25) is 0 Å². The van der Waals surface area contributed by atoms with Crippen LogP contribution in [0.2, 0.25) is 0 Å². The van der Waals surface area contributed by atoms with Crippen LogP contribution in [0.5, 0.6) is 17.2 Å². The number of nitrogens with one attached hydrogen (secondary N) is 1.